The van der Waals surface area contributed by atoms with Crippen molar-refractivity contribution < 1.29 is 0 Å². The molecule has 0 unspecified atom stereocenters. The summed E-state index contributed by atoms with van der Waals surface area (Å²) in [7, 11) is 2.22. The van der Waals surface area contributed by atoms with Crippen molar-refractivity contribution in [2.75, 3.05) is 0 Å². The zero-order valence-corrected chi connectivity index (χ0v) is 19.6. The topological polar surface area (TPSA) is 12.9 Å². The molecule has 0 amide bonds. The molecule has 0 saturated heterocycles. The molecule has 5 aromatic carbocycles. The first-order valence-electron chi connectivity index (χ1n) is 11.6. The van der Waals surface area contributed by atoms with E-state index in [4.69, 9.17) is 4.98 Å². The lowest BCUT2D eigenvalue weighted by Crippen LogP contribution is -2.06. The summed E-state index contributed by atoms with van der Waals surface area (Å²) in [5, 5.41) is 6.30. The van der Waals surface area contributed by atoms with Crippen LogP contribution in [0.2, 0.25) is 0 Å². The van der Waals surface area contributed by atoms with Gasteiger partial charge in [0.15, 0.2) is 0 Å². The molecular weight excluding hydrogens is 429 g/mol. The summed E-state index contributed by atoms with van der Waals surface area (Å²) >= 11 is 1.88. The zero-order valence-electron chi connectivity index (χ0n) is 18.7. The van der Waals surface area contributed by atoms with E-state index in [2.05, 4.69) is 105 Å². The van der Waals surface area contributed by atoms with E-state index >= 15 is 0 Å². The maximum absolute atomic E-state index is 4.77. The first-order valence-corrected chi connectivity index (χ1v) is 12.4. The smallest absolute Gasteiger partial charge is 0.140 e. The predicted molar refractivity (Wildman–Crippen MR) is 151 cm³/mol. The van der Waals surface area contributed by atoms with Crippen LogP contribution in [0.1, 0.15) is 0 Å². The van der Waals surface area contributed by atoms with Gasteiger partial charge in [0.05, 0.1) is 5.52 Å². The van der Waals surface area contributed by atoms with Crippen LogP contribution in [-0.2, 0) is 0 Å². The molecule has 0 aliphatic heterocycles. The summed E-state index contributed by atoms with van der Waals surface area (Å²) < 4.78 is 2.66. The second kappa shape index (κ2) is 7.54. The largest absolute Gasteiger partial charge is 0.256 e. The van der Waals surface area contributed by atoms with E-state index in [0.717, 1.165) is 5.52 Å². The van der Waals surface area contributed by atoms with Gasteiger partial charge >= 0.3 is 0 Å². The standard InChI is InChI=1S/C31H20BNS/c32-25-14-16-27-30(29(25)19-6-2-1-3-7-19)24-18-22(13-15-26(24)34-27)23-10-4-8-20-11-12-21-9-5-17-33-31(21)28(20)23/h1-18H,32H2. The van der Waals surface area contributed by atoms with Gasteiger partial charge in [-0.25, -0.2) is 0 Å². The first-order chi connectivity index (χ1) is 16.8. The van der Waals surface area contributed by atoms with Crippen LogP contribution in [0.15, 0.2) is 109 Å². The highest BCUT2D eigenvalue weighted by Crippen LogP contribution is 2.42. The Morgan fingerprint density at radius 3 is 2.35 bits per heavy atom. The van der Waals surface area contributed by atoms with E-state index in [-0.39, 0.29) is 0 Å². The maximum Gasteiger partial charge on any atom is 0.140 e. The number of nitrogens with zero attached hydrogens (tertiary/aromatic N) is 1. The molecule has 2 aromatic heterocycles. The minimum Gasteiger partial charge on any atom is -0.256 e. The van der Waals surface area contributed by atoms with Crippen LogP contribution in [0.4, 0.5) is 0 Å². The summed E-state index contributed by atoms with van der Waals surface area (Å²) in [5.41, 5.74) is 7.45. The summed E-state index contributed by atoms with van der Waals surface area (Å²) in [6.07, 6.45) is 1.89. The van der Waals surface area contributed by atoms with Crippen molar-refractivity contribution in [3.8, 4) is 22.3 Å². The molecule has 3 heteroatoms. The zero-order chi connectivity index (χ0) is 22.6. The van der Waals surface area contributed by atoms with Crippen molar-refractivity contribution >= 4 is 66.5 Å². The van der Waals surface area contributed by atoms with Gasteiger partial charge in [0, 0.05) is 37.1 Å². The van der Waals surface area contributed by atoms with Crippen molar-refractivity contribution in [1.82, 2.24) is 4.98 Å². The van der Waals surface area contributed by atoms with Crippen molar-refractivity contribution in [3.63, 3.8) is 0 Å². The van der Waals surface area contributed by atoms with Crippen LogP contribution >= 0.6 is 11.3 Å². The number of pyridine rings is 1. The fourth-order valence-electron chi connectivity index (χ4n) is 5.27. The molecule has 7 rings (SSSR count). The van der Waals surface area contributed by atoms with Gasteiger partial charge in [0.1, 0.15) is 7.85 Å². The third-order valence-electron chi connectivity index (χ3n) is 6.83. The highest BCUT2D eigenvalue weighted by Gasteiger charge is 2.15. The minimum absolute atomic E-state index is 1.06. The van der Waals surface area contributed by atoms with Crippen molar-refractivity contribution in [2.45, 2.75) is 0 Å². The molecule has 0 fully saturated rings. The van der Waals surface area contributed by atoms with Gasteiger partial charge in [0.2, 0.25) is 0 Å². The highest BCUT2D eigenvalue weighted by atomic mass is 32.1. The second-order valence-electron chi connectivity index (χ2n) is 8.85. The Hall–Kier alpha value is -3.95. The van der Waals surface area contributed by atoms with Crippen LogP contribution in [0.5, 0.6) is 0 Å². The van der Waals surface area contributed by atoms with Crippen molar-refractivity contribution in [3.05, 3.63) is 109 Å². The molecule has 158 valence electrons. The quantitative estimate of drug-likeness (QED) is 0.199. The number of aromatic nitrogens is 1. The van der Waals surface area contributed by atoms with Crippen LogP contribution in [0.25, 0.3) is 64.1 Å². The lowest BCUT2D eigenvalue weighted by Gasteiger charge is -2.11. The number of thiophene rings is 1. The van der Waals surface area contributed by atoms with Crippen LogP contribution in [0.3, 0.4) is 0 Å². The fraction of sp³-hybridized carbons (Fsp3) is 0. The molecule has 0 spiro atoms. The van der Waals surface area contributed by atoms with Gasteiger partial charge < -0.3 is 0 Å². The summed E-state index contributed by atoms with van der Waals surface area (Å²) in [5.74, 6) is 0. The van der Waals surface area contributed by atoms with E-state index in [1.54, 1.807) is 0 Å². The predicted octanol–water partition coefficient (Wildman–Crippen LogP) is 7.35. The Bertz CT molecular complexity index is 1870. The third kappa shape index (κ3) is 2.91. The van der Waals surface area contributed by atoms with Gasteiger partial charge in [-0.2, -0.15) is 0 Å². The van der Waals surface area contributed by atoms with E-state index in [1.807, 2.05) is 23.6 Å². The van der Waals surface area contributed by atoms with Gasteiger partial charge in [-0.1, -0.05) is 84.3 Å². The molecule has 34 heavy (non-hydrogen) atoms. The molecule has 2 heterocycles. The Labute approximate surface area is 202 Å². The Morgan fingerprint density at radius 1 is 0.618 bits per heavy atom. The molecule has 0 radical (unpaired) electrons. The summed E-state index contributed by atoms with van der Waals surface area (Å²) in [6, 6.07) is 37.3. The minimum atomic E-state index is 1.06. The monoisotopic (exact) mass is 449 g/mol. The van der Waals surface area contributed by atoms with Gasteiger partial charge in [-0.05, 0) is 51.9 Å². The average Bonchev–Trinajstić information content (AvgIpc) is 3.26. The number of fused-ring (bicyclic) bond motifs is 6. The summed E-state index contributed by atoms with van der Waals surface area (Å²) in [6.45, 7) is 0. The average molecular weight is 449 g/mol. The molecule has 0 bridgehead atoms. The molecule has 0 aliphatic rings. The Balaban J connectivity index is 1.57. The Morgan fingerprint density at radius 2 is 1.44 bits per heavy atom. The van der Waals surface area contributed by atoms with E-state index in [1.165, 1.54) is 64.0 Å². The maximum atomic E-state index is 4.77. The highest BCUT2D eigenvalue weighted by molar-refractivity contribution is 7.26. The number of hydrogen-bond acceptors (Lipinski definition) is 2. The second-order valence-corrected chi connectivity index (χ2v) is 9.94. The lowest BCUT2D eigenvalue weighted by molar-refractivity contribution is 1.43. The van der Waals surface area contributed by atoms with Gasteiger partial charge in [0.25, 0.3) is 0 Å². The van der Waals surface area contributed by atoms with Crippen LogP contribution in [-0.4, -0.2) is 12.8 Å². The molecule has 0 aliphatic carbocycles. The first kappa shape index (κ1) is 19.5. The van der Waals surface area contributed by atoms with E-state index in [0.29, 0.717) is 0 Å². The molecule has 0 atom stereocenters. The normalized spacial score (nSPS) is 11.6. The van der Waals surface area contributed by atoms with Crippen molar-refractivity contribution in [1.29, 1.82) is 0 Å². The number of rotatable bonds is 2. The lowest BCUT2D eigenvalue weighted by atomic mass is 9.84. The fourth-order valence-corrected chi connectivity index (χ4v) is 6.37. The Kier molecular flexibility index (Phi) is 4.33. The van der Waals surface area contributed by atoms with E-state index < -0.39 is 0 Å². The third-order valence-corrected chi connectivity index (χ3v) is 7.97. The SMILES string of the molecule is Bc1ccc2sc3ccc(-c4cccc5ccc6cccnc6c45)cc3c2c1-c1ccccc1. The van der Waals surface area contributed by atoms with E-state index in [9.17, 15) is 0 Å². The van der Waals surface area contributed by atoms with Crippen LogP contribution in [0, 0.1) is 0 Å². The van der Waals surface area contributed by atoms with Gasteiger partial charge in [-0.3, -0.25) is 4.98 Å². The summed E-state index contributed by atoms with van der Waals surface area (Å²) in [4.78, 5) is 4.77. The van der Waals surface area contributed by atoms with Gasteiger partial charge in [-0.15, -0.1) is 11.3 Å². The van der Waals surface area contributed by atoms with Crippen LogP contribution < -0.4 is 5.46 Å². The molecular formula is C31H20BNS. The molecule has 1 nitrogen and oxygen atoms in total. The molecule has 0 saturated carbocycles. The molecule has 7 aromatic rings. The number of hydrogen-bond donors (Lipinski definition) is 0. The number of benzene rings is 5. The molecule has 0 N–H and O–H groups in total. The van der Waals surface area contributed by atoms with Crippen molar-refractivity contribution in [2.24, 2.45) is 0 Å².